The second-order valence-corrected chi connectivity index (χ2v) is 5.99. The van der Waals surface area contributed by atoms with Gasteiger partial charge in [-0.3, -0.25) is 9.59 Å². The van der Waals surface area contributed by atoms with E-state index in [0.29, 0.717) is 18.9 Å². The van der Waals surface area contributed by atoms with Gasteiger partial charge < -0.3 is 15.7 Å². The van der Waals surface area contributed by atoms with Crippen LogP contribution in [0.3, 0.4) is 0 Å². The Labute approximate surface area is 123 Å². The lowest BCUT2D eigenvalue weighted by Gasteiger charge is -2.27. The third kappa shape index (κ3) is 3.35. The molecule has 1 aliphatic heterocycles. The Morgan fingerprint density at radius 1 is 1.33 bits per heavy atom. The van der Waals surface area contributed by atoms with Gasteiger partial charge in [0.2, 0.25) is 5.91 Å². The molecule has 1 heterocycles. The van der Waals surface area contributed by atoms with Crippen LogP contribution in [-0.4, -0.2) is 29.6 Å². The number of carbonyl (C=O) groups excluding carboxylic acids is 1. The average molecular weight is 288 g/mol. The van der Waals surface area contributed by atoms with Gasteiger partial charge in [-0.15, -0.1) is 0 Å². The zero-order chi connectivity index (χ0) is 14.8. The summed E-state index contributed by atoms with van der Waals surface area (Å²) in [5, 5.41) is 15.2. The molecule has 3 N–H and O–H groups in total. The lowest BCUT2D eigenvalue weighted by molar-refractivity contribution is -0.138. The van der Waals surface area contributed by atoms with Gasteiger partial charge >= 0.3 is 5.97 Å². The molecule has 5 heteroatoms. The van der Waals surface area contributed by atoms with E-state index in [9.17, 15) is 9.59 Å². The number of hydrogen-bond donors (Lipinski definition) is 3. The molecule has 112 valence electrons. The number of amides is 1. The molecule has 0 radical (unpaired) electrons. The number of anilines is 1. The second-order valence-electron chi connectivity index (χ2n) is 5.99. The van der Waals surface area contributed by atoms with Crippen LogP contribution in [0.1, 0.15) is 24.8 Å². The van der Waals surface area contributed by atoms with Gasteiger partial charge in [0.25, 0.3) is 0 Å². The summed E-state index contributed by atoms with van der Waals surface area (Å²) in [6.07, 6.45) is 2.76. The van der Waals surface area contributed by atoms with E-state index < -0.39 is 5.97 Å². The van der Waals surface area contributed by atoms with E-state index in [4.69, 9.17) is 5.11 Å². The van der Waals surface area contributed by atoms with E-state index in [1.54, 1.807) is 0 Å². The van der Waals surface area contributed by atoms with Crippen LogP contribution in [0.2, 0.25) is 0 Å². The van der Waals surface area contributed by atoms with Crippen molar-refractivity contribution < 1.29 is 14.7 Å². The number of carboxylic acids is 1. The quantitative estimate of drug-likeness (QED) is 0.769. The van der Waals surface area contributed by atoms with Gasteiger partial charge in [0.15, 0.2) is 0 Å². The molecule has 0 saturated heterocycles. The molecule has 1 fully saturated rings. The summed E-state index contributed by atoms with van der Waals surface area (Å²) < 4.78 is 0. The number of hydrogen-bond acceptors (Lipinski definition) is 3. The average Bonchev–Trinajstić information content (AvgIpc) is 3.30. The molecular formula is C16H20N2O3. The molecule has 0 spiro atoms. The molecule has 1 saturated carbocycles. The van der Waals surface area contributed by atoms with Crippen LogP contribution < -0.4 is 10.6 Å². The van der Waals surface area contributed by atoms with Gasteiger partial charge in [0.05, 0.1) is 12.3 Å². The van der Waals surface area contributed by atoms with Gasteiger partial charge in [-0.1, -0.05) is 18.2 Å². The number of aliphatic carboxylic acids is 1. The first kappa shape index (κ1) is 13.9. The zero-order valence-corrected chi connectivity index (χ0v) is 11.8. The Kier molecular flexibility index (Phi) is 3.82. The van der Waals surface area contributed by atoms with Crippen molar-refractivity contribution >= 4 is 17.6 Å². The van der Waals surface area contributed by atoms with E-state index in [2.05, 4.69) is 10.6 Å². The van der Waals surface area contributed by atoms with E-state index >= 15 is 0 Å². The van der Waals surface area contributed by atoms with Gasteiger partial charge in [-0.2, -0.15) is 0 Å². The highest BCUT2D eigenvalue weighted by Gasteiger charge is 2.35. The molecule has 21 heavy (non-hydrogen) atoms. The summed E-state index contributed by atoms with van der Waals surface area (Å²) in [4.78, 5) is 23.3. The fraction of sp³-hybridized carbons (Fsp3) is 0.500. The maximum absolute atomic E-state index is 12.4. The Hall–Kier alpha value is -2.04. The minimum absolute atomic E-state index is 0.0210. The fourth-order valence-corrected chi connectivity index (χ4v) is 2.95. The summed E-state index contributed by atoms with van der Waals surface area (Å²) in [6, 6.07) is 7.77. The first-order valence-corrected chi connectivity index (χ1v) is 7.47. The molecule has 0 aromatic heterocycles. The highest BCUT2D eigenvalue weighted by atomic mass is 16.4. The Bertz CT molecular complexity index is 554. The predicted molar refractivity (Wildman–Crippen MR) is 79.0 cm³/mol. The number of fused-ring (bicyclic) bond motifs is 1. The Morgan fingerprint density at radius 2 is 2.10 bits per heavy atom. The van der Waals surface area contributed by atoms with Crippen LogP contribution >= 0.6 is 0 Å². The lowest BCUT2D eigenvalue weighted by Crippen LogP contribution is -2.44. The zero-order valence-electron chi connectivity index (χ0n) is 11.8. The number of para-hydroxylation sites is 1. The largest absolute Gasteiger partial charge is 0.481 e. The fourth-order valence-electron chi connectivity index (χ4n) is 2.95. The third-order valence-electron chi connectivity index (χ3n) is 4.31. The second kappa shape index (κ2) is 5.76. The van der Waals surface area contributed by atoms with E-state index in [1.165, 1.54) is 0 Å². The summed E-state index contributed by atoms with van der Waals surface area (Å²) >= 11 is 0. The Morgan fingerprint density at radius 3 is 2.81 bits per heavy atom. The molecule has 5 nitrogen and oxygen atoms in total. The normalized spacial score (nSPS) is 21.8. The van der Waals surface area contributed by atoms with Gasteiger partial charge in [0, 0.05) is 18.3 Å². The number of nitrogens with one attached hydrogen (secondary N) is 2. The molecule has 1 aromatic carbocycles. The minimum Gasteiger partial charge on any atom is -0.481 e. The highest BCUT2D eigenvalue weighted by Crippen LogP contribution is 2.34. The Balaban J connectivity index is 1.62. The van der Waals surface area contributed by atoms with Crippen LogP contribution in [0.15, 0.2) is 24.3 Å². The third-order valence-corrected chi connectivity index (χ3v) is 4.31. The topological polar surface area (TPSA) is 78.4 Å². The molecule has 2 atom stereocenters. The molecular weight excluding hydrogens is 268 g/mol. The molecule has 2 aliphatic rings. The van der Waals surface area contributed by atoms with Crippen LogP contribution in [-0.2, 0) is 16.0 Å². The summed E-state index contributed by atoms with van der Waals surface area (Å²) in [6.45, 7) is 0.604. The van der Waals surface area contributed by atoms with Crippen molar-refractivity contribution in [3.63, 3.8) is 0 Å². The first-order chi connectivity index (χ1) is 10.1. The van der Waals surface area contributed by atoms with Crippen molar-refractivity contribution in [2.75, 3.05) is 11.9 Å². The summed E-state index contributed by atoms with van der Waals surface area (Å²) in [7, 11) is 0. The smallest absolute Gasteiger partial charge is 0.305 e. The van der Waals surface area contributed by atoms with Crippen molar-refractivity contribution in [3.05, 3.63) is 29.8 Å². The van der Waals surface area contributed by atoms with Crippen molar-refractivity contribution in [3.8, 4) is 0 Å². The van der Waals surface area contributed by atoms with Crippen LogP contribution in [0.5, 0.6) is 0 Å². The maximum Gasteiger partial charge on any atom is 0.305 e. The lowest BCUT2D eigenvalue weighted by atomic mass is 9.93. The van der Waals surface area contributed by atoms with Crippen molar-refractivity contribution in [2.24, 2.45) is 11.8 Å². The number of carbonyl (C=O) groups is 2. The standard InChI is InChI=1S/C16H20N2O3/c19-15(20)8-14(10-5-6-10)18-16(21)12-7-11-3-1-2-4-13(11)17-9-12/h1-4,10,12,14,17H,5-9H2,(H,18,21)(H,19,20). The van der Waals surface area contributed by atoms with E-state index in [0.717, 1.165) is 24.1 Å². The first-order valence-electron chi connectivity index (χ1n) is 7.47. The molecule has 1 aromatic rings. The molecule has 1 aliphatic carbocycles. The summed E-state index contributed by atoms with van der Waals surface area (Å²) in [5.74, 6) is -0.668. The monoisotopic (exact) mass is 288 g/mol. The molecule has 0 bridgehead atoms. The minimum atomic E-state index is -0.848. The van der Waals surface area contributed by atoms with Gasteiger partial charge in [0.1, 0.15) is 0 Å². The number of benzene rings is 1. The summed E-state index contributed by atoms with van der Waals surface area (Å²) in [5.41, 5.74) is 2.23. The SMILES string of the molecule is O=C(O)CC(NC(=O)C1CNc2ccccc2C1)C1CC1. The maximum atomic E-state index is 12.4. The van der Waals surface area contributed by atoms with Gasteiger partial charge in [-0.05, 0) is 36.8 Å². The molecule has 1 amide bonds. The van der Waals surface area contributed by atoms with E-state index in [1.807, 2.05) is 24.3 Å². The predicted octanol–water partition coefficient (Wildman–Crippen LogP) is 1.64. The van der Waals surface area contributed by atoms with Crippen LogP contribution in [0.4, 0.5) is 5.69 Å². The molecule has 2 unspecified atom stereocenters. The van der Waals surface area contributed by atoms with E-state index in [-0.39, 0.29) is 24.3 Å². The van der Waals surface area contributed by atoms with Gasteiger partial charge in [-0.25, -0.2) is 0 Å². The van der Waals surface area contributed by atoms with Crippen molar-refractivity contribution in [1.29, 1.82) is 0 Å². The highest BCUT2D eigenvalue weighted by molar-refractivity contribution is 5.82. The number of carboxylic acid groups (broad SMARTS) is 1. The molecule has 3 rings (SSSR count). The van der Waals surface area contributed by atoms with Crippen LogP contribution in [0, 0.1) is 11.8 Å². The van der Waals surface area contributed by atoms with Crippen molar-refractivity contribution in [1.82, 2.24) is 5.32 Å². The van der Waals surface area contributed by atoms with Crippen LogP contribution in [0.25, 0.3) is 0 Å². The van der Waals surface area contributed by atoms with Crippen molar-refractivity contribution in [2.45, 2.75) is 31.7 Å². The number of rotatable bonds is 5.